The van der Waals surface area contributed by atoms with Crippen molar-refractivity contribution in [3.8, 4) is 0 Å². The highest BCUT2D eigenvalue weighted by Crippen LogP contribution is 2.39. The van der Waals surface area contributed by atoms with Gasteiger partial charge in [0.05, 0.1) is 12.2 Å². The van der Waals surface area contributed by atoms with E-state index in [2.05, 4.69) is 5.32 Å². The largest absolute Gasteiger partial charge is 0.360 e. The van der Waals surface area contributed by atoms with Crippen LogP contribution in [0.15, 0.2) is 71.1 Å². The van der Waals surface area contributed by atoms with E-state index < -0.39 is 15.8 Å². The summed E-state index contributed by atoms with van der Waals surface area (Å²) in [5.74, 6) is -0.476. The molecule has 0 aliphatic carbocycles. The van der Waals surface area contributed by atoms with E-state index in [1.54, 1.807) is 11.4 Å². The predicted octanol–water partition coefficient (Wildman–Crippen LogP) is 4.85. The highest BCUT2D eigenvalue weighted by atomic mass is 32.2. The van der Waals surface area contributed by atoms with Gasteiger partial charge in [0.25, 0.3) is 10.0 Å². The van der Waals surface area contributed by atoms with E-state index in [0.29, 0.717) is 10.6 Å². The molecule has 0 saturated heterocycles. The normalized spacial score (nSPS) is 16.7. The Balaban J connectivity index is 1.75. The van der Waals surface area contributed by atoms with E-state index in [-0.39, 0.29) is 11.4 Å². The number of allylic oxidation sites excluding steroid dienone is 1. The van der Waals surface area contributed by atoms with E-state index in [0.717, 1.165) is 22.4 Å². The number of fused-ring (bicyclic) bond motifs is 1. The minimum Gasteiger partial charge on any atom is -0.360 e. The molecule has 2 heterocycles. The number of benzene rings is 2. The zero-order chi connectivity index (χ0) is 20.6. The molecule has 4 rings (SSSR count). The SMILES string of the molecule is Cc1ccc(CN2c3ccsc3C(=O)C(=CNc3ccccc3C)S2(=O)=O)cc1. The number of para-hydroxylation sites is 1. The summed E-state index contributed by atoms with van der Waals surface area (Å²) >= 11 is 1.26. The smallest absolute Gasteiger partial charge is 0.270 e. The summed E-state index contributed by atoms with van der Waals surface area (Å²) in [6.45, 7) is 4.07. The van der Waals surface area contributed by atoms with Crippen LogP contribution in [0, 0.1) is 13.8 Å². The van der Waals surface area contributed by atoms with Crippen LogP contribution in [0.2, 0.25) is 0 Å². The number of thiophene rings is 1. The fourth-order valence-corrected chi connectivity index (χ4v) is 5.68. The molecule has 3 aromatic rings. The lowest BCUT2D eigenvalue weighted by Crippen LogP contribution is -2.38. The molecule has 7 heteroatoms. The Morgan fingerprint density at radius 2 is 1.76 bits per heavy atom. The van der Waals surface area contributed by atoms with Crippen LogP contribution in [0.4, 0.5) is 11.4 Å². The Hall–Kier alpha value is -2.90. The second-order valence-electron chi connectivity index (χ2n) is 6.93. The average Bonchev–Trinajstić information content (AvgIpc) is 3.17. The summed E-state index contributed by atoms with van der Waals surface area (Å²) in [5.41, 5.74) is 4.11. The molecule has 1 aromatic heterocycles. The highest BCUT2D eigenvalue weighted by molar-refractivity contribution is 7.97. The van der Waals surface area contributed by atoms with Crippen LogP contribution in [-0.4, -0.2) is 14.2 Å². The number of anilines is 2. The molecule has 0 radical (unpaired) electrons. The van der Waals surface area contributed by atoms with E-state index in [9.17, 15) is 13.2 Å². The molecular weight excluding hydrogens is 404 g/mol. The monoisotopic (exact) mass is 424 g/mol. The summed E-state index contributed by atoms with van der Waals surface area (Å²) in [6, 6.07) is 16.9. The Bertz CT molecular complexity index is 1210. The van der Waals surface area contributed by atoms with Crippen molar-refractivity contribution in [2.45, 2.75) is 20.4 Å². The molecule has 0 fully saturated rings. The second kappa shape index (κ2) is 7.50. The summed E-state index contributed by atoms with van der Waals surface area (Å²) in [5, 5.41) is 4.75. The maximum Gasteiger partial charge on any atom is 0.270 e. The van der Waals surface area contributed by atoms with Gasteiger partial charge in [0, 0.05) is 11.9 Å². The maximum absolute atomic E-state index is 13.4. The predicted molar refractivity (Wildman–Crippen MR) is 118 cm³/mol. The van der Waals surface area contributed by atoms with Gasteiger partial charge in [0.15, 0.2) is 4.91 Å². The molecule has 5 nitrogen and oxygen atoms in total. The van der Waals surface area contributed by atoms with E-state index in [1.807, 2.05) is 62.4 Å². The first kappa shape index (κ1) is 19.4. The molecule has 1 aliphatic rings. The molecule has 2 aromatic carbocycles. The van der Waals surface area contributed by atoms with Crippen LogP contribution in [-0.2, 0) is 16.6 Å². The third-order valence-corrected chi connectivity index (χ3v) is 7.53. The third-order valence-electron chi connectivity index (χ3n) is 4.86. The number of aryl methyl sites for hydroxylation is 2. The molecule has 0 saturated carbocycles. The molecule has 0 amide bonds. The lowest BCUT2D eigenvalue weighted by atomic mass is 10.1. The quantitative estimate of drug-likeness (QED) is 0.608. The van der Waals surface area contributed by atoms with Crippen molar-refractivity contribution in [2.75, 3.05) is 9.62 Å². The average molecular weight is 425 g/mol. The molecule has 0 unspecified atom stereocenters. The molecule has 0 spiro atoms. The lowest BCUT2D eigenvalue weighted by Gasteiger charge is -2.29. The van der Waals surface area contributed by atoms with Crippen molar-refractivity contribution in [3.05, 3.63) is 92.6 Å². The van der Waals surface area contributed by atoms with Crippen LogP contribution >= 0.6 is 11.3 Å². The first-order valence-electron chi connectivity index (χ1n) is 9.11. The molecule has 148 valence electrons. The number of rotatable bonds is 4. The number of hydrogen-bond donors (Lipinski definition) is 1. The van der Waals surface area contributed by atoms with E-state index in [1.165, 1.54) is 21.8 Å². The van der Waals surface area contributed by atoms with Gasteiger partial charge in [-0.15, -0.1) is 11.3 Å². The first-order chi connectivity index (χ1) is 13.9. The van der Waals surface area contributed by atoms with Crippen molar-refractivity contribution < 1.29 is 13.2 Å². The van der Waals surface area contributed by atoms with E-state index >= 15 is 0 Å². The Morgan fingerprint density at radius 1 is 1.03 bits per heavy atom. The van der Waals surface area contributed by atoms with Crippen molar-refractivity contribution in [2.24, 2.45) is 0 Å². The van der Waals surface area contributed by atoms with Crippen LogP contribution in [0.25, 0.3) is 0 Å². The summed E-state index contributed by atoms with van der Waals surface area (Å²) < 4.78 is 28.0. The maximum atomic E-state index is 13.4. The van der Waals surface area contributed by atoms with Gasteiger partial charge in [0.1, 0.15) is 4.88 Å². The highest BCUT2D eigenvalue weighted by Gasteiger charge is 2.41. The number of hydrogen-bond acceptors (Lipinski definition) is 5. The van der Waals surface area contributed by atoms with Crippen LogP contribution in [0.1, 0.15) is 26.4 Å². The van der Waals surface area contributed by atoms with Gasteiger partial charge in [-0.25, -0.2) is 8.42 Å². The van der Waals surface area contributed by atoms with Crippen molar-refractivity contribution in [1.82, 2.24) is 0 Å². The zero-order valence-corrected chi connectivity index (χ0v) is 17.7. The summed E-state index contributed by atoms with van der Waals surface area (Å²) in [4.78, 5) is 13.1. The fourth-order valence-electron chi connectivity index (χ4n) is 3.19. The molecule has 1 N–H and O–H groups in total. The first-order valence-corrected chi connectivity index (χ1v) is 11.4. The number of sulfonamides is 1. The number of nitrogens with one attached hydrogen (secondary N) is 1. The van der Waals surface area contributed by atoms with E-state index in [4.69, 9.17) is 0 Å². The number of carbonyl (C=O) groups is 1. The van der Waals surface area contributed by atoms with Gasteiger partial charge >= 0.3 is 0 Å². The van der Waals surface area contributed by atoms with Crippen LogP contribution in [0.5, 0.6) is 0 Å². The fraction of sp³-hybridized carbons (Fsp3) is 0.136. The molecule has 1 aliphatic heterocycles. The molecular formula is C22H20N2O3S2. The third kappa shape index (κ3) is 3.59. The topological polar surface area (TPSA) is 66.5 Å². The van der Waals surface area contributed by atoms with Crippen LogP contribution in [0.3, 0.4) is 0 Å². The number of nitrogens with zero attached hydrogens (tertiary/aromatic N) is 1. The minimum atomic E-state index is -4.00. The number of carbonyl (C=O) groups excluding carboxylic acids is 1. The van der Waals surface area contributed by atoms with Gasteiger partial charge in [-0.3, -0.25) is 9.10 Å². The Morgan fingerprint density at radius 3 is 2.48 bits per heavy atom. The second-order valence-corrected chi connectivity index (χ2v) is 9.68. The molecule has 0 atom stereocenters. The zero-order valence-electron chi connectivity index (χ0n) is 16.0. The lowest BCUT2D eigenvalue weighted by molar-refractivity contribution is 0.104. The standard InChI is InChI=1S/C22H20N2O3S2/c1-15-7-9-17(10-8-15)14-24-19-11-12-28-22(19)21(25)20(29(24,26)27)13-23-18-6-4-3-5-16(18)2/h3-13,23H,14H2,1-2H3. The Kier molecular flexibility index (Phi) is 5.02. The van der Waals surface area contributed by atoms with Crippen molar-refractivity contribution >= 4 is 38.5 Å². The van der Waals surface area contributed by atoms with Gasteiger partial charge in [-0.05, 0) is 42.5 Å². The van der Waals surface area contributed by atoms with Crippen molar-refractivity contribution in [3.63, 3.8) is 0 Å². The Labute approximate surface area is 174 Å². The van der Waals surface area contributed by atoms with Crippen molar-refractivity contribution in [1.29, 1.82) is 0 Å². The van der Waals surface area contributed by atoms with Crippen LogP contribution < -0.4 is 9.62 Å². The molecule has 0 bridgehead atoms. The summed E-state index contributed by atoms with van der Waals surface area (Å²) in [6.07, 6.45) is 1.31. The number of Topliss-reactive ketones (excluding diaryl/α,β-unsaturated/α-hetero) is 1. The van der Waals surface area contributed by atoms with Gasteiger partial charge in [0.2, 0.25) is 5.78 Å². The van der Waals surface area contributed by atoms with Gasteiger partial charge in [-0.1, -0.05) is 48.0 Å². The van der Waals surface area contributed by atoms with Gasteiger partial charge < -0.3 is 5.32 Å². The molecule has 29 heavy (non-hydrogen) atoms. The minimum absolute atomic E-state index is 0.168. The number of ketones is 1. The van der Waals surface area contributed by atoms with Gasteiger partial charge in [-0.2, -0.15) is 0 Å². The summed E-state index contributed by atoms with van der Waals surface area (Å²) in [7, 11) is -4.00.